The number of hydrogen-bond acceptors (Lipinski definition) is 2. The predicted octanol–water partition coefficient (Wildman–Crippen LogP) is 6.45. The number of carbonyl (C=O) groups is 1. The molecule has 2 fully saturated rings. The van der Waals surface area contributed by atoms with Gasteiger partial charge in [-0.2, -0.15) is 0 Å². The highest BCUT2D eigenvalue weighted by molar-refractivity contribution is 5.89. The van der Waals surface area contributed by atoms with E-state index in [9.17, 15) is 13.6 Å². The van der Waals surface area contributed by atoms with Crippen LogP contribution in [0.2, 0.25) is 0 Å². The van der Waals surface area contributed by atoms with Crippen molar-refractivity contribution in [2.45, 2.75) is 70.3 Å². The minimum atomic E-state index is -1.02. The quantitative estimate of drug-likeness (QED) is 0.421. The van der Waals surface area contributed by atoms with E-state index in [2.05, 4.69) is 6.58 Å². The van der Waals surface area contributed by atoms with Crippen LogP contribution in [0.4, 0.5) is 8.78 Å². The minimum absolute atomic E-state index is 0.0777. The molecule has 2 aliphatic carbocycles. The van der Waals surface area contributed by atoms with Crippen molar-refractivity contribution in [3.05, 3.63) is 48.1 Å². The van der Waals surface area contributed by atoms with Gasteiger partial charge < -0.3 is 4.74 Å². The molecule has 0 unspecified atom stereocenters. The molecular formula is C23H30F2O2. The monoisotopic (exact) mass is 376 g/mol. The molecule has 2 aliphatic rings. The molecule has 2 saturated carbocycles. The van der Waals surface area contributed by atoms with Gasteiger partial charge in [-0.15, -0.1) is 6.58 Å². The highest BCUT2D eigenvalue weighted by Gasteiger charge is 2.32. The molecule has 1 aromatic carbocycles. The molecule has 0 radical (unpaired) electrons. The molecule has 0 heterocycles. The lowest BCUT2D eigenvalue weighted by Crippen LogP contribution is -2.29. The lowest BCUT2D eigenvalue weighted by Gasteiger charge is -2.37. The summed E-state index contributed by atoms with van der Waals surface area (Å²) in [6.45, 7) is 3.82. The molecule has 27 heavy (non-hydrogen) atoms. The topological polar surface area (TPSA) is 26.3 Å². The summed E-state index contributed by atoms with van der Waals surface area (Å²) in [5, 5.41) is 0. The Morgan fingerprint density at radius 3 is 2.22 bits per heavy atom. The highest BCUT2D eigenvalue weighted by atomic mass is 19.2. The van der Waals surface area contributed by atoms with E-state index in [0.29, 0.717) is 0 Å². The van der Waals surface area contributed by atoms with Crippen molar-refractivity contribution in [3.63, 3.8) is 0 Å². The summed E-state index contributed by atoms with van der Waals surface area (Å²) in [4.78, 5) is 12.2. The molecule has 3 rings (SSSR count). The normalized spacial score (nSPS) is 28.5. The van der Waals surface area contributed by atoms with Crippen LogP contribution in [-0.2, 0) is 4.74 Å². The molecule has 148 valence electrons. The van der Waals surface area contributed by atoms with Crippen molar-refractivity contribution < 1.29 is 18.3 Å². The predicted molar refractivity (Wildman–Crippen MR) is 102 cm³/mol. The Morgan fingerprint density at radius 1 is 1.00 bits per heavy atom. The van der Waals surface area contributed by atoms with Crippen LogP contribution in [0.3, 0.4) is 0 Å². The lowest BCUT2D eigenvalue weighted by atomic mass is 9.70. The maximum Gasteiger partial charge on any atom is 0.338 e. The van der Waals surface area contributed by atoms with Crippen LogP contribution < -0.4 is 0 Å². The van der Waals surface area contributed by atoms with Gasteiger partial charge in [0.05, 0.1) is 5.56 Å². The summed E-state index contributed by atoms with van der Waals surface area (Å²) in [6.07, 6.45) is 13.6. The van der Waals surface area contributed by atoms with Gasteiger partial charge in [-0.05, 0) is 87.3 Å². The molecular weight excluding hydrogens is 346 g/mol. The van der Waals surface area contributed by atoms with E-state index < -0.39 is 17.6 Å². The van der Waals surface area contributed by atoms with Crippen LogP contribution in [0, 0.1) is 29.4 Å². The molecule has 2 nitrogen and oxygen atoms in total. The number of ether oxygens (including phenoxy) is 1. The summed E-state index contributed by atoms with van der Waals surface area (Å²) < 4.78 is 31.8. The number of rotatable bonds is 6. The van der Waals surface area contributed by atoms with E-state index in [0.717, 1.165) is 62.0 Å². The van der Waals surface area contributed by atoms with Crippen molar-refractivity contribution in [2.75, 3.05) is 0 Å². The lowest BCUT2D eigenvalue weighted by molar-refractivity contribution is 0.0109. The van der Waals surface area contributed by atoms with Gasteiger partial charge in [0.25, 0.3) is 0 Å². The molecule has 0 bridgehead atoms. The highest BCUT2D eigenvalue weighted by Crippen LogP contribution is 2.41. The number of esters is 1. The Labute approximate surface area is 161 Å². The minimum Gasteiger partial charge on any atom is -0.459 e. The van der Waals surface area contributed by atoms with Gasteiger partial charge in [0.1, 0.15) is 6.10 Å². The van der Waals surface area contributed by atoms with Crippen molar-refractivity contribution >= 4 is 5.97 Å². The third-order valence-electron chi connectivity index (χ3n) is 6.48. The smallest absolute Gasteiger partial charge is 0.338 e. The van der Waals surface area contributed by atoms with Gasteiger partial charge in [0.2, 0.25) is 0 Å². The zero-order chi connectivity index (χ0) is 19.2. The summed E-state index contributed by atoms with van der Waals surface area (Å²) >= 11 is 0. The van der Waals surface area contributed by atoms with E-state index in [1.54, 1.807) is 0 Å². The second kappa shape index (κ2) is 9.48. The summed E-state index contributed by atoms with van der Waals surface area (Å²) in [6, 6.07) is 3.15. The summed E-state index contributed by atoms with van der Waals surface area (Å²) in [5.41, 5.74) is 0.0777. The standard InChI is InChI=1S/C23H30F2O2/c1-2-3-4-16-5-7-17(8-6-16)18-9-12-20(13-10-18)27-23(26)19-11-14-21(24)22(25)15-19/h2,11,14-18,20H,1,3-10,12-13H2/t16-,17-,18?,20?. The molecule has 0 aromatic heterocycles. The Morgan fingerprint density at radius 2 is 1.63 bits per heavy atom. The number of allylic oxidation sites excluding steroid dienone is 1. The zero-order valence-electron chi connectivity index (χ0n) is 16.0. The van der Waals surface area contributed by atoms with Crippen LogP contribution >= 0.6 is 0 Å². The molecule has 4 heteroatoms. The largest absolute Gasteiger partial charge is 0.459 e. The fraction of sp³-hybridized carbons (Fsp3) is 0.609. The third kappa shape index (κ3) is 5.40. The van der Waals surface area contributed by atoms with E-state index in [-0.39, 0.29) is 11.7 Å². The molecule has 0 spiro atoms. The first-order valence-corrected chi connectivity index (χ1v) is 10.3. The van der Waals surface area contributed by atoms with Crippen molar-refractivity contribution in [2.24, 2.45) is 17.8 Å². The molecule has 0 saturated heterocycles. The Kier molecular flexibility index (Phi) is 7.03. The fourth-order valence-electron chi connectivity index (χ4n) is 4.82. The van der Waals surface area contributed by atoms with E-state index >= 15 is 0 Å². The Bertz CT molecular complexity index is 642. The van der Waals surface area contributed by atoms with Crippen LogP contribution in [-0.4, -0.2) is 12.1 Å². The second-order valence-corrected chi connectivity index (χ2v) is 8.22. The Balaban J connectivity index is 1.42. The van der Waals surface area contributed by atoms with Crippen molar-refractivity contribution in [1.29, 1.82) is 0 Å². The third-order valence-corrected chi connectivity index (χ3v) is 6.48. The molecule has 1 aromatic rings. The number of halogens is 2. The van der Waals surface area contributed by atoms with E-state index in [1.807, 2.05) is 6.08 Å². The second-order valence-electron chi connectivity index (χ2n) is 8.22. The average Bonchev–Trinajstić information content (AvgIpc) is 2.69. The summed E-state index contributed by atoms with van der Waals surface area (Å²) in [7, 11) is 0. The van der Waals surface area contributed by atoms with Gasteiger partial charge in [0.15, 0.2) is 11.6 Å². The van der Waals surface area contributed by atoms with E-state index in [4.69, 9.17) is 4.74 Å². The van der Waals surface area contributed by atoms with Gasteiger partial charge in [0, 0.05) is 0 Å². The maximum absolute atomic E-state index is 13.3. The molecule has 0 N–H and O–H groups in total. The Hall–Kier alpha value is -1.71. The van der Waals surface area contributed by atoms with E-state index in [1.165, 1.54) is 38.2 Å². The van der Waals surface area contributed by atoms with Crippen molar-refractivity contribution in [3.8, 4) is 0 Å². The first kappa shape index (κ1) is 20.0. The van der Waals surface area contributed by atoms with Crippen LogP contribution in [0.25, 0.3) is 0 Å². The van der Waals surface area contributed by atoms with Crippen LogP contribution in [0.5, 0.6) is 0 Å². The number of benzene rings is 1. The number of carbonyl (C=O) groups excluding carboxylic acids is 1. The first-order chi connectivity index (χ1) is 13.1. The average molecular weight is 376 g/mol. The maximum atomic E-state index is 13.3. The SMILES string of the molecule is C=CCC[C@H]1CC[C@H](C2CCC(OC(=O)c3ccc(F)c(F)c3)CC2)CC1. The fourth-order valence-corrected chi connectivity index (χ4v) is 4.82. The summed E-state index contributed by atoms with van der Waals surface area (Å²) in [5.74, 6) is -0.104. The van der Waals surface area contributed by atoms with Crippen LogP contribution in [0.15, 0.2) is 30.9 Å². The van der Waals surface area contributed by atoms with Gasteiger partial charge in [-0.1, -0.05) is 18.9 Å². The molecule has 0 aliphatic heterocycles. The molecule has 0 amide bonds. The van der Waals surface area contributed by atoms with Gasteiger partial charge in [-0.25, -0.2) is 13.6 Å². The number of hydrogen-bond donors (Lipinski definition) is 0. The van der Waals surface area contributed by atoms with Gasteiger partial charge in [-0.3, -0.25) is 0 Å². The molecule has 0 atom stereocenters. The zero-order valence-corrected chi connectivity index (χ0v) is 16.0. The van der Waals surface area contributed by atoms with Gasteiger partial charge >= 0.3 is 5.97 Å². The van der Waals surface area contributed by atoms with Crippen LogP contribution in [0.1, 0.15) is 74.6 Å². The first-order valence-electron chi connectivity index (χ1n) is 10.3. The van der Waals surface area contributed by atoms with Crippen molar-refractivity contribution in [1.82, 2.24) is 0 Å².